The van der Waals surface area contributed by atoms with E-state index in [4.69, 9.17) is 14.2 Å². The van der Waals surface area contributed by atoms with Gasteiger partial charge in [-0.05, 0) is 83.5 Å². The van der Waals surface area contributed by atoms with Gasteiger partial charge in [0.1, 0.15) is 13.2 Å². The van der Waals surface area contributed by atoms with E-state index in [9.17, 15) is 14.4 Å². The fraction of sp³-hybridized carbons (Fsp3) is 0.817. The molecule has 0 radical (unpaired) electrons. The Labute approximate surface area is 479 Å². The van der Waals surface area contributed by atoms with Crippen molar-refractivity contribution in [2.45, 2.75) is 361 Å². The van der Waals surface area contributed by atoms with Gasteiger partial charge >= 0.3 is 17.9 Å². The Morgan fingerprint density at radius 1 is 0.273 bits per heavy atom. The van der Waals surface area contributed by atoms with Crippen LogP contribution < -0.4 is 0 Å². The molecule has 0 saturated carbocycles. The molecule has 0 bridgehead atoms. The third kappa shape index (κ3) is 63.8. The highest BCUT2D eigenvalue weighted by Gasteiger charge is 2.19. The van der Waals surface area contributed by atoms with Crippen molar-refractivity contribution < 1.29 is 28.6 Å². The van der Waals surface area contributed by atoms with Crippen LogP contribution in [0.3, 0.4) is 0 Å². The molecule has 0 saturated heterocycles. The van der Waals surface area contributed by atoms with E-state index < -0.39 is 6.10 Å². The van der Waals surface area contributed by atoms with Gasteiger partial charge in [0, 0.05) is 19.3 Å². The van der Waals surface area contributed by atoms with E-state index in [0.29, 0.717) is 19.3 Å². The molecule has 0 aliphatic rings. The standard InChI is InChI=1S/C71H128O6/c1-4-7-10-13-16-19-22-25-27-29-31-32-33-34-35-36-37-38-39-40-41-43-44-46-49-52-55-58-61-64-70(73)76-67-68(66-75-69(72)63-60-57-54-51-48-24-21-18-15-12-9-6-3)77-71(74)65-62-59-56-53-50-47-45-42-30-28-26-23-20-17-14-11-8-5-2/h7,10,16,18-19,21,25,27,31-32,68H,4-6,8-9,11-15,17,20,22-24,26,28-30,33-67H2,1-3H3/b10-7-,19-16-,21-18-,27-25-,32-31-. The van der Waals surface area contributed by atoms with Crippen LogP contribution in [0, 0.1) is 0 Å². The number of hydrogen-bond donors (Lipinski definition) is 0. The highest BCUT2D eigenvalue weighted by Crippen LogP contribution is 2.18. The van der Waals surface area contributed by atoms with Gasteiger partial charge in [-0.25, -0.2) is 0 Å². The number of allylic oxidation sites excluding steroid dienone is 10. The molecule has 0 fully saturated rings. The van der Waals surface area contributed by atoms with Crippen LogP contribution in [0.5, 0.6) is 0 Å². The van der Waals surface area contributed by atoms with E-state index in [-0.39, 0.29) is 31.1 Å². The summed E-state index contributed by atoms with van der Waals surface area (Å²) in [7, 11) is 0. The van der Waals surface area contributed by atoms with Gasteiger partial charge in [-0.2, -0.15) is 0 Å². The molecule has 6 nitrogen and oxygen atoms in total. The third-order valence-corrected chi connectivity index (χ3v) is 15.0. The maximum atomic E-state index is 12.9. The second-order valence-corrected chi connectivity index (χ2v) is 22.7. The summed E-state index contributed by atoms with van der Waals surface area (Å²) in [6.45, 7) is 6.55. The minimum absolute atomic E-state index is 0.0716. The lowest BCUT2D eigenvalue weighted by Gasteiger charge is -2.18. The molecule has 0 amide bonds. The number of carbonyl (C=O) groups is 3. The highest BCUT2D eigenvalue weighted by molar-refractivity contribution is 5.71. The molecule has 1 unspecified atom stereocenters. The average Bonchev–Trinajstić information content (AvgIpc) is 3.43. The summed E-state index contributed by atoms with van der Waals surface area (Å²) in [5.74, 6) is -0.858. The number of esters is 3. The van der Waals surface area contributed by atoms with Crippen molar-refractivity contribution in [2.75, 3.05) is 13.2 Å². The van der Waals surface area contributed by atoms with Crippen LogP contribution in [0.15, 0.2) is 60.8 Å². The third-order valence-electron chi connectivity index (χ3n) is 15.0. The van der Waals surface area contributed by atoms with Gasteiger partial charge in [-0.3, -0.25) is 14.4 Å². The van der Waals surface area contributed by atoms with Gasteiger partial charge in [0.25, 0.3) is 0 Å². The van der Waals surface area contributed by atoms with Crippen molar-refractivity contribution in [3.63, 3.8) is 0 Å². The number of hydrogen-bond acceptors (Lipinski definition) is 6. The predicted molar refractivity (Wildman–Crippen MR) is 335 cm³/mol. The Hall–Kier alpha value is -2.89. The van der Waals surface area contributed by atoms with E-state index in [1.807, 2.05) is 0 Å². The van der Waals surface area contributed by atoms with Crippen LogP contribution in [0.1, 0.15) is 355 Å². The quantitative estimate of drug-likeness (QED) is 0.0261. The van der Waals surface area contributed by atoms with Gasteiger partial charge in [0.15, 0.2) is 6.10 Å². The molecular weight excluding hydrogens is 949 g/mol. The number of ether oxygens (including phenoxy) is 3. The Bertz CT molecular complexity index is 1380. The molecule has 0 aromatic heterocycles. The fourth-order valence-corrected chi connectivity index (χ4v) is 9.96. The summed E-state index contributed by atoms with van der Waals surface area (Å²) in [5, 5.41) is 0. The Morgan fingerprint density at radius 2 is 0.506 bits per heavy atom. The van der Waals surface area contributed by atoms with Crippen molar-refractivity contribution in [3.05, 3.63) is 60.8 Å². The molecular formula is C71H128O6. The fourth-order valence-electron chi connectivity index (χ4n) is 9.96. The van der Waals surface area contributed by atoms with E-state index in [1.165, 1.54) is 225 Å². The molecule has 0 aliphatic carbocycles. The van der Waals surface area contributed by atoms with Crippen molar-refractivity contribution in [1.29, 1.82) is 0 Å². The van der Waals surface area contributed by atoms with E-state index in [1.54, 1.807) is 0 Å². The van der Waals surface area contributed by atoms with E-state index in [0.717, 1.165) is 89.9 Å². The van der Waals surface area contributed by atoms with Gasteiger partial charge < -0.3 is 14.2 Å². The molecule has 0 spiro atoms. The van der Waals surface area contributed by atoms with E-state index in [2.05, 4.69) is 81.5 Å². The molecule has 0 heterocycles. The first-order chi connectivity index (χ1) is 38.0. The maximum absolute atomic E-state index is 12.9. The second kappa shape index (κ2) is 65.6. The first kappa shape index (κ1) is 74.1. The van der Waals surface area contributed by atoms with Gasteiger partial charge in [-0.1, -0.05) is 313 Å². The maximum Gasteiger partial charge on any atom is 0.306 e. The first-order valence-corrected chi connectivity index (χ1v) is 33.8. The Kier molecular flexibility index (Phi) is 63.2. The summed E-state index contributed by atoms with van der Waals surface area (Å²) in [6, 6.07) is 0. The number of carbonyl (C=O) groups excluding carboxylic acids is 3. The highest BCUT2D eigenvalue weighted by atomic mass is 16.6. The molecule has 0 aromatic carbocycles. The molecule has 0 N–H and O–H groups in total. The molecule has 1 atom stereocenters. The largest absolute Gasteiger partial charge is 0.462 e. The van der Waals surface area contributed by atoms with Crippen molar-refractivity contribution >= 4 is 17.9 Å². The van der Waals surface area contributed by atoms with Crippen molar-refractivity contribution in [3.8, 4) is 0 Å². The lowest BCUT2D eigenvalue weighted by Crippen LogP contribution is -2.30. The van der Waals surface area contributed by atoms with Crippen LogP contribution in [-0.2, 0) is 28.6 Å². The average molecular weight is 1080 g/mol. The molecule has 0 rings (SSSR count). The molecule has 6 heteroatoms. The summed E-state index contributed by atoms with van der Waals surface area (Å²) < 4.78 is 16.9. The SMILES string of the molecule is CC/C=C\C/C=C\C/C=C\C/C=C\CCCCCCCCCCCCCCCCCCC(=O)OCC(COC(=O)CCCCCCC/C=C\CCCCC)OC(=O)CCCCCCCCCCCCCCCCCCCC. The zero-order valence-corrected chi connectivity index (χ0v) is 51.5. The minimum Gasteiger partial charge on any atom is -0.462 e. The Morgan fingerprint density at radius 3 is 0.831 bits per heavy atom. The monoisotopic (exact) mass is 1080 g/mol. The lowest BCUT2D eigenvalue weighted by atomic mass is 10.0. The van der Waals surface area contributed by atoms with Crippen molar-refractivity contribution in [2.24, 2.45) is 0 Å². The summed E-state index contributed by atoms with van der Waals surface area (Å²) in [4.78, 5) is 38.3. The minimum atomic E-state index is -0.774. The van der Waals surface area contributed by atoms with Crippen molar-refractivity contribution in [1.82, 2.24) is 0 Å². The topological polar surface area (TPSA) is 78.9 Å². The smallest absolute Gasteiger partial charge is 0.306 e. The molecule has 0 aromatic rings. The number of rotatable bonds is 62. The van der Waals surface area contributed by atoms with Crippen LogP contribution in [0.2, 0.25) is 0 Å². The zero-order chi connectivity index (χ0) is 55.7. The Balaban J connectivity index is 4.18. The van der Waals surface area contributed by atoms with Crippen LogP contribution in [-0.4, -0.2) is 37.2 Å². The molecule has 448 valence electrons. The van der Waals surface area contributed by atoms with Gasteiger partial charge in [0.2, 0.25) is 0 Å². The van der Waals surface area contributed by atoms with Crippen LogP contribution in [0.4, 0.5) is 0 Å². The zero-order valence-electron chi connectivity index (χ0n) is 51.5. The summed E-state index contributed by atoms with van der Waals surface area (Å²) in [5.41, 5.74) is 0. The van der Waals surface area contributed by atoms with E-state index >= 15 is 0 Å². The second-order valence-electron chi connectivity index (χ2n) is 22.7. The predicted octanol–water partition coefficient (Wildman–Crippen LogP) is 23.1. The summed E-state index contributed by atoms with van der Waals surface area (Å²) in [6.07, 6.45) is 83.9. The van der Waals surface area contributed by atoms with Crippen LogP contribution >= 0.6 is 0 Å². The normalized spacial score (nSPS) is 12.4. The van der Waals surface area contributed by atoms with Gasteiger partial charge in [0.05, 0.1) is 0 Å². The summed E-state index contributed by atoms with van der Waals surface area (Å²) >= 11 is 0. The molecule has 0 aliphatic heterocycles. The van der Waals surface area contributed by atoms with Crippen LogP contribution in [0.25, 0.3) is 0 Å². The van der Waals surface area contributed by atoms with Gasteiger partial charge in [-0.15, -0.1) is 0 Å². The lowest BCUT2D eigenvalue weighted by molar-refractivity contribution is -0.167. The first-order valence-electron chi connectivity index (χ1n) is 33.8. The molecule has 77 heavy (non-hydrogen) atoms. The number of unbranched alkanes of at least 4 members (excludes halogenated alkanes) is 41.